The van der Waals surface area contributed by atoms with Crippen LogP contribution < -0.4 is 10.1 Å². The third-order valence-electron chi connectivity index (χ3n) is 5.44. The summed E-state index contributed by atoms with van der Waals surface area (Å²) in [4.78, 5) is 20.4. The predicted octanol–water partition coefficient (Wildman–Crippen LogP) is 5.54. The Morgan fingerprint density at radius 2 is 1.69 bits per heavy atom. The van der Waals surface area contributed by atoms with Crippen molar-refractivity contribution in [2.75, 3.05) is 32.8 Å². The molecule has 5 heteroatoms. The van der Waals surface area contributed by atoms with Gasteiger partial charge in [-0.1, -0.05) is 32.0 Å². The number of aromatic nitrogens is 1. The molecule has 1 N–H and O–H groups in total. The second kappa shape index (κ2) is 12.2. The molecule has 0 fully saturated rings. The number of nitrogens with zero attached hydrogens (tertiary/aromatic N) is 2. The Balaban J connectivity index is 1.75. The lowest BCUT2D eigenvalue weighted by molar-refractivity contribution is 0.0953. The average molecular weight is 434 g/mol. The van der Waals surface area contributed by atoms with Crippen LogP contribution in [-0.2, 0) is 0 Å². The van der Waals surface area contributed by atoms with E-state index in [9.17, 15) is 4.79 Å². The van der Waals surface area contributed by atoms with Crippen LogP contribution in [0, 0.1) is 0 Å². The van der Waals surface area contributed by atoms with Crippen molar-refractivity contribution in [2.45, 2.75) is 40.0 Å². The molecule has 0 bridgehead atoms. The summed E-state index contributed by atoms with van der Waals surface area (Å²) in [6, 6.07) is 17.6. The summed E-state index contributed by atoms with van der Waals surface area (Å²) in [5.74, 6) is 0.781. The van der Waals surface area contributed by atoms with Crippen LogP contribution in [0.15, 0.2) is 54.6 Å². The summed E-state index contributed by atoms with van der Waals surface area (Å²) >= 11 is 0. The molecule has 32 heavy (non-hydrogen) atoms. The van der Waals surface area contributed by atoms with Crippen LogP contribution in [0.1, 0.15) is 50.4 Å². The summed E-state index contributed by atoms with van der Waals surface area (Å²) in [5.41, 5.74) is 3.23. The zero-order chi connectivity index (χ0) is 22.8. The van der Waals surface area contributed by atoms with Gasteiger partial charge in [0.2, 0.25) is 0 Å². The fraction of sp³-hybridized carbons (Fsp3) is 0.407. The van der Waals surface area contributed by atoms with Crippen molar-refractivity contribution in [3.8, 4) is 17.0 Å². The summed E-state index contributed by atoms with van der Waals surface area (Å²) in [6.45, 7) is 10.9. The summed E-state index contributed by atoms with van der Waals surface area (Å²) in [6.07, 6.45) is 3.26. The summed E-state index contributed by atoms with van der Waals surface area (Å²) < 4.78 is 5.54. The lowest BCUT2D eigenvalue weighted by Gasteiger charge is -2.20. The Labute approximate surface area is 191 Å². The fourth-order valence-corrected chi connectivity index (χ4v) is 3.97. The molecule has 1 heterocycles. The van der Waals surface area contributed by atoms with Gasteiger partial charge in [0.25, 0.3) is 5.91 Å². The number of amides is 1. The van der Waals surface area contributed by atoms with Crippen molar-refractivity contribution >= 4 is 16.8 Å². The van der Waals surface area contributed by atoms with Gasteiger partial charge >= 0.3 is 0 Å². The summed E-state index contributed by atoms with van der Waals surface area (Å²) in [7, 11) is 0. The molecule has 0 unspecified atom stereocenters. The van der Waals surface area contributed by atoms with Gasteiger partial charge in [0.15, 0.2) is 0 Å². The van der Waals surface area contributed by atoms with E-state index in [0.29, 0.717) is 18.7 Å². The second-order valence-electron chi connectivity index (χ2n) is 7.98. The Hall–Kier alpha value is -2.92. The third kappa shape index (κ3) is 6.30. The predicted molar refractivity (Wildman–Crippen MR) is 132 cm³/mol. The number of carbonyl (C=O) groups excluding carboxylic acids is 1. The molecule has 1 aromatic heterocycles. The molecule has 2 aromatic carbocycles. The van der Waals surface area contributed by atoms with Crippen molar-refractivity contribution in [2.24, 2.45) is 0 Å². The van der Waals surface area contributed by atoms with Gasteiger partial charge in [-0.3, -0.25) is 4.79 Å². The fourth-order valence-electron chi connectivity index (χ4n) is 3.97. The van der Waals surface area contributed by atoms with E-state index in [1.54, 1.807) is 0 Å². The van der Waals surface area contributed by atoms with Crippen molar-refractivity contribution in [3.05, 3.63) is 60.2 Å². The van der Waals surface area contributed by atoms with Gasteiger partial charge in [-0.25, -0.2) is 4.98 Å². The van der Waals surface area contributed by atoms with E-state index < -0.39 is 0 Å². The molecule has 0 aliphatic heterocycles. The minimum atomic E-state index is -0.0479. The zero-order valence-corrected chi connectivity index (χ0v) is 19.6. The highest BCUT2D eigenvalue weighted by molar-refractivity contribution is 6.07. The first-order valence-corrected chi connectivity index (χ1v) is 11.8. The highest BCUT2D eigenvalue weighted by Gasteiger charge is 2.14. The lowest BCUT2D eigenvalue weighted by Crippen LogP contribution is -2.31. The monoisotopic (exact) mass is 433 g/mol. The number of hydrogen-bond acceptors (Lipinski definition) is 4. The SMILES string of the molecule is CCCN(CCC)CCCNC(=O)c1cc(-c2ccc(OCC)cc2)nc2ccccc12. The molecule has 0 aliphatic carbocycles. The van der Waals surface area contributed by atoms with Gasteiger partial charge in [-0.2, -0.15) is 0 Å². The second-order valence-corrected chi connectivity index (χ2v) is 7.98. The van der Waals surface area contributed by atoms with E-state index in [2.05, 4.69) is 24.1 Å². The first-order chi connectivity index (χ1) is 15.7. The topological polar surface area (TPSA) is 54.5 Å². The molecule has 0 aliphatic rings. The molecule has 5 nitrogen and oxygen atoms in total. The Bertz CT molecular complexity index is 995. The summed E-state index contributed by atoms with van der Waals surface area (Å²) in [5, 5.41) is 4.00. The first kappa shape index (κ1) is 23.7. The number of nitrogens with one attached hydrogen (secondary N) is 1. The number of para-hydroxylation sites is 1. The highest BCUT2D eigenvalue weighted by atomic mass is 16.5. The Morgan fingerprint density at radius 1 is 0.969 bits per heavy atom. The number of hydrogen-bond donors (Lipinski definition) is 1. The van der Waals surface area contributed by atoms with E-state index >= 15 is 0 Å². The van der Waals surface area contributed by atoms with E-state index in [0.717, 1.165) is 66.8 Å². The molecule has 170 valence electrons. The maximum atomic E-state index is 13.1. The van der Waals surface area contributed by atoms with Crippen LogP contribution >= 0.6 is 0 Å². The van der Waals surface area contributed by atoms with E-state index in [-0.39, 0.29) is 5.91 Å². The van der Waals surface area contributed by atoms with Crippen LogP contribution in [0.25, 0.3) is 22.2 Å². The van der Waals surface area contributed by atoms with Crippen molar-refractivity contribution in [1.29, 1.82) is 0 Å². The molecular formula is C27H35N3O2. The van der Waals surface area contributed by atoms with Crippen molar-refractivity contribution in [3.63, 3.8) is 0 Å². The molecule has 0 saturated carbocycles. The standard InChI is InChI=1S/C27H35N3O2/c1-4-17-30(18-5-2)19-9-16-28-27(31)24-20-26(29-25-11-8-7-10-23(24)25)21-12-14-22(15-13-21)32-6-3/h7-8,10-15,20H,4-6,9,16-19H2,1-3H3,(H,28,31). The van der Waals surface area contributed by atoms with Crippen molar-refractivity contribution < 1.29 is 9.53 Å². The van der Waals surface area contributed by atoms with E-state index in [1.807, 2.05) is 61.5 Å². The molecule has 0 atom stereocenters. The Morgan fingerprint density at radius 3 is 2.38 bits per heavy atom. The van der Waals surface area contributed by atoms with Crippen LogP contribution in [-0.4, -0.2) is 48.6 Å². The van der Waals surface area contributed by atoms with Gasteiger partial charge in [0.05, 0.1) is 23.4 Å². The number of pyridine rings is 1. The number of fused-ring (bicyclic) bond motifs is 1. The molecule has 0 radical (unpaired) electrons. The van der Waals surface area contributed by atoms with Gasteiger partial charge in [0.1, 0.15) is 5.75 Å². The number of ether oxygens (including phenoxy) is 1. The third-order valence-corrected chi connectivity index (χ3v) is 5.44. The highest BCUT2D eigenvalue weighted by Crippen LogP contribution is 2.26. The van der Waals surface area contributed by atoms with Gasteiger partial charge in [-0.05, 0) is 82.2 Å². The van der Waals surface area contributed by atoms with E-state index in [1.165, 1.54) is 0 Å². The van der Waals surface area contributed by atoms with Crippen LogP contribution in [0.2, 0.25) is 0 Å². The minimum Gasteiger partial charge on any atom is -0.494 e. The minimum absolute atomic E-state index is 0.0479. The number of carbonyl (C=O) groups is 1. The van der Waals surface area contributed by atoms with E-state index in [4.69, 9.17) is 9.72 Å². The lowest BCUT2D eigenvalue weighted by atomic mass is 10.0. The number of rotatable bonds is 12. The van der Waals surface area contributed by atoms with Crippen LogP contribution in [0.4, 0.5) is 0 Å². The largest absolute Gasteiger partial charge is 0.494 e. The molecule has 1 amide bonds. The van der Waals surface area contributed by atoms with Crippen LogP contribution in [0.3, 0.4) is 0 Å². The first-order valence-electron chi connectivity index (χ1n) is 11.8. The Kier molecular flexibility index (Phi) is 9.05. The van der Waals surface area contributed by atoms with Gasteiger partial charge in [0, 0.05) is 17.5 Å². The van der Waals surface area contributed by atoms with Gasteiger partial charge in [-0.15, -0.1) is 0 Å². The zero-order valence-electron chi connectivity index (χ0n) is 19.6. The van der Waals surface area contributed by atoms with Crippen LogP contribution in [0.5, 0.6) is 5.75 Å². The molecular weight excluding hydrogens is 398 g/mol. The molecule has 3 aromatic rings. The quantitative estimate of drug-likeness (QED) is 0.381. The van der Waals surface area contributed by atoms with Crippen molar-refractivity contribution in [1.82, 2.24) is 15.2 Å². The number of benzene rings is 2. The smallest absolute Gasteiger partial charge is 0.252 e. The molecule has 3 rings (SSSR count). The molecule has 0 spiro atoms. The van der Waals surface area contributed by atoms with Gasteiger partial charge < -0.3 is 15.0 Å². The normalized spacial score (nSPS) is 11.1. The molecule has 0 saturated heterocycles. The maximum Gasteiger partial charge on any atom is 0.252 e. The average Bonchev–Trinajstić information content (AvgIpc) is 2.82. The maximum absolute atomic E-state index is 13.1.